The molecule has 3 aromatic rings. The van der Waals surface area contributed by atoms with Crippen LogP contribution in [0.4, 0.5) is 9.93 Å². The summed E-state index contributed by atoms with van der Waals surface area (Å²) < 4.78 is 33.8. The number of carbonyl (C=O) groups is 2. The Morgan fingerprint density at radius 2 is 1.68 bits per heavy atom. The third-order valence-electron chi connectivity index (χ3n) is 6.25. The molecule has 2 aromatic carbocycles. The second-order valence-electron chi connectivity index (χ2n) is 9.19. The highest BCUT2D eigenvalue weighted by Crippen LogP contribution is 2.30. The SMILES string of the molecule is CCOC(=O)N1CCN(S(=O)(=O)c2ccc(C(=O)N(CCCN(C)C)c3nc4ccccc4s3)cc2)CC1. The van der Waals surface area contributed by atoms with E-state index in [2.05, 4.69) is 9.88 Å². The molecule has 1 fully saturated rings. The Kier molecular flexibility index (Phi) is 8.98. The third-order valence-corrected chi connectivity index (χ3v) is 9.22. The molecule has 1 saturated heterocycles. The van der Waals surface area contributed by atoms with Gasteiger partial charge >= 0.3 is 6.09 Å². The Hall–Kier alpha value is -3.06. The number of sulfonamides is 1. The maximum absolute atomic E-state index is 13.6. The van der Waals surface area contributed by atoms with E-state index in [4.69, 9.17) is 4.74 Å². The fourth-order valence-electron chi connectivity index (χ4n) is 4.20. The maximum Gasteiger partial charge on any atom is 0.409 e. The van der Waals surface area contributed by atoms with Crippen LogP contribution in [0.15, 0.2) is 53.4 Å². The molecule has 0 N–H and O–H groups in total. The van der Waals surface area contributed by atoms with Crippen LogP contribution in [0.3, 0.4) is 0 Å². The molecule has 0 radical (unpaired) electrons. The summed E-state index contributed by atoms with van der Waals surface area (Å²) in [6, 6.07) is 13.8. The van der Waals surface area contributed by atoms with Crippen molar-refractivity contribution in [2.75, 3.05) is 64.9 Å². The highest BCUT2D eigenvalue weighted by atomic mass is 32.2. The van der Waals surface area contributed by atoms with Crippen molar-refractivity contribution in [2.24, 2.45) is 0 Å². The van der Waals surface area contributed by atoms with Crippen molar-refractivity contribution in [3.8, 4) is 0 Å². The predicted molar refractivity (Wildman–Crippen MR) is 148 cm³/mol. The lowest BCUT2D eigenvalue weighted by Gasteiger charge is -2.33. The number of para-hydroxylation sites is 1. The van der Waals surface area contributed by atoms with Crippen molar-refractivity contribution in [2.45, 2.75) is 18.2 Å². The number of ether oxygens (including phenoxy) is 1. The van der Waals surface area contributed by atoms with Crippen LogP contribution >= 0.6 is 11.3 Å². The normalized spacial score (nSPS) is 14.7. The van der Waals surface area contributed by atoms with Gasteiger partial charge in [0.2, 0.25) is 10.0 Å². The zero-order valence-electron chi connectivity index (χ0n) is 21.9. The molecule has 0 atom stereocenters. The quantitative estimate of drug-likeness (QED) is 0.396. The van der Waals surface area contributed by atoms with Gasteiger partial charge in [-0.1, -0.05) is 23.5 Å². The van der Waals surface area contributed by atoms with Crippen LogP contribution in [0.25, 0.3) is 10.2 Å². The second kappa shape index (κ2) is 12.2. The Balaban J connectivity index is 1.50. The van der Waals surface area contributed by atoms with E-state index in [-0.39, 0.29) is 43.6 Å². The van der Waals surface area contributed by atoms with Gasteiger partial charge in [-0.15, -0.1) is 0 Å². The molecule has 4 rings (SSSR count). The van der Waals surface area contributed by atoms with Crippen LogP contribution in [-0.4, -0.2) is 99.5 Å². The smallest absolute Gasteiger partial charge is 0.409 e. The predicted octanol–water partition coefficient (Wildman–Crippen LogP) is 3.36. The fourth-order valence-corrected chi connectivity index (χ4v) is 6.62. The average Bonchev–Trinajstić information content (AvgIpc) is 3.35. The first-order valence-corrected chi connectivity index (χ1v) is 14.8. The Morgan fingerprint density at radius 3 is 2.32 bits per heavy atom. The van der Waals surface area contributed by atoms with Crippen molar-refractivity contribution < 1.29 is 22.7 Å². The zero-order chi connectivity index (χ0) is 27.3. The molecule has 38 heavy (non-hydrogen) atoms. The number of amides is 2. The number of piperazine rings is 1. The van der Waals surface area contributed by atoms with Gasteiger partial charge in [0.05, 0.1) is 21.7 Å². The van der Waals surface area contributed by atoms with E-state index < -0.39 is 16.1 Å². The summed E-state index contributed by atoms with van der Waals surface area (Å²) in [5.41, 5.74) is 1.22. The van der Waals surface area contributed by atoms with Crippen LogP contribution in [0, 0.1) is 0 Å². The van der Waals surface area contributed by atoms with Crippen LogP contribution in [0.1, 0.15) is 23.7 Å². The van der Waals surface area contributed by atoms with E-state index in [9.17, 15) is 18.0 Å². The van der Waals surface area contributed by atoms with Crippen LogP contribution < -0.4 is 4.90 Å². The van der Waals surface area contributed by atoms with Gasteiger partial charge < -0.3 is 14.5 Å². The van der Waals surface area contributed by atoms with Crippen LogP contribution in [0.5, 0.6) is 0 Å². The van der Waals surface area contributed by atoms with Crippen molar-refractivity contribution >= 4 is 48.7 Å². The van der Waals surface area contributed by atoms with Gasteiger partial charge in [-0.3, -0.25) is 9.69 Å². The molecule has 1 aromatic heterocycles. The van der Waals surface area contributed by atoms with Crippen molar-refractivity contribution in [1.29, 1.82) is 0 Å². The van der Waals surface area contributed by atoms with E-state index in [0.717, 1.165) is 23.2 Å². The number of aromatic nitrogens is 1. The molecule has 0 unspecified atom stereocenters. The van der Waals surface area contributed by atoms with Crippen molar-refractivity contribution in [1.82, 2.24) is 19.1 Å². The molecular weight excluding hydrogens is 526 g/mol. The number of carbonyl (C=O) groups excluding carboxylic acids is 2. The largest absolute Gasteiger partial charge is 0.450 e. The standard InChI is InChI=1S/C26H33N5O5S2/c1-4-36-26(33)29-16-18-30(19-17-29)38(34,35)21-12-10-20(11-13-21)24(32)31(15-7-14-28(2)3)25-27-22-8-5-6-9-23(22)37-25/h5-6,8-13H,4,7,14-19H2,1-3H3. The second-order valence-corrected chi connectivity index (χ2v) is 12.1. The number of rotatable bonds is 9. The average molecular weight is 560 g/mol. The topological polar surface area (TPSA) is 103 Å². The fraction of sp³-hybridized carbons (Fsp3) is 0.423. The summed E-state index contributed by atoms with van der Waals surface area (Å²) >= 11 is 1.46. The molecule has 0 aliphatic carbocycles. The van der Waals surface area contributed by atoms with Gasteiger partial charge in [0.25, 0.3) is 5.91 Å². The number of anilines is 1. The van der Waals surface area contributed by atoms with Crippen LogP contribution in [0.2, 0.25) is 0 Å². The number of benzene rings is 2. The molecule has 10 nitrogen and oxygen atoms in total. The first-order valence-electron chi connectivity index (χ1n) is 12.5. The molecule has 0 bridgehead atoms. The highest BCUT2D eigenvalue weighted by Gasteiger charge is 2.31. The first kappa shape index (κ1) is 28.0. The molecule has 0 saturated carbocycles. The molecule has 0 spiro atoms. The van der Waals surface area contributed by atoms with Gasteiger partial charge in [-0.2, -0.15) is 4.31 Å². The van der Waals surface area contributed by atoms with Gasteiger partial charge in [0.15, 0.2) is 5.13 Å². The Labute approximate surface area is 227 Å². The van der Waals surface area contributed by atoms with Crippen molar-refractivity contribution in [3.63, 3.8) is 0 Å². The summed E-state index contributed by atoms with van der Waals surface area (Å²) in [6.45, 7) is 4.19. The summed E-state index contributed by atoms with van der Waals surface area (Å²) in [4.78, 5) is 35.5. The number of hydrogen-bond donors (Lipinski definition) is 0. The van der Waals surface area contributed by atoms with Gasteiger partial charge in [-0.05, 0) is 70.4 Å². The van der Waals surface area contributed by atoms with Gasteiger partial charge in [0.1, 0.15) is 0 Å². The van der Waals surface area contributed by atoms with E-state index >= 15 is 0 Å². The molecule has 204 valence electrons. The number of nitrogens with zero attached hydrogens (tertiary/aromatic N) is 5. The first-order chi connectivity index (χ1) is 18.2. The molecule has 1 aliphatic rings. The molecule has 12 heteroatoms. The minimum atomic E-state index is -3.77. The zero-order valence-corrected chi connectivity index (χ0v) is 23.5. The summed E-state index contributed by atoms with van der Waals surface area (Å²) in [7, 11) is 0.206. The lowest BCUT2D eigenvalue weighted by molar-refractivity contribution is 0.0933. The van der Waals surface area contributed by atoms with E-state index in [1.165, 1.54) is 32.7 Å². The molecular formula is C26H33N5O5S2. The minimum absolute atomic E-state index is 0.109. The number of fused-ring (bicyclic) bond motifs is 1. The summed E-state index contributed by atoms with van der Waals surface area (Å²) in [5.74, 6) is -0.227. The van der Waals surface area contributed by atoms with E-state index in [1.807, 2.05) is 38.4 Å². The lowest BCUT2D eigenvalue weighted by atomic mass is 10.2. The summed E-state index contributed by atoms with van der Waals surface area (Å²) in [5, 5.41) is 0.617. The molecule has 1 aliphatic heterocycles. The van der Waals surface area contributed by atoms with Crippen LogP contribution in [-0.2, 0) is 14.8 Å². The highest BCUT2D eigenvalue weighted by molar-refractivity contribution is 7.89. The number of thiazole rings is 1. The number of hydrogen-bond acceptors (Lipinski definition) is 8. The third kappa shape index (κ3) is 6.32. The Morgan fingerprint density at radius 1 is 1.00 bits per heavy atom. The van der Waals surface area contributed by atoms with Crippen molar-refractivity contribution in [3.05, 3.63) is 54.1 Å². The van der Waals surface area contributed by atoms with Gasteiger partial charge in [0, 0.05) is 38.3 Å². The minimum Gasteiger partial charge on any atom is -0.450 e. The maximum atomic E-state index is 13.6. The molecule has 2 heterocycles. The molecule has 2 amide bonds. The monoisotopic (exact) mass is 559 g/mol. The van der Waals surface area contributed by atoms with E-state index in [0.29, 0.717) is 17.2 Å². The van der Waals surface area contributed by atoms with E-state index in [1.54, 1.807) is 24.0 Å². The summed E-state index contributed by atoms with van der Waals surface area (Å²) in [6.07, 6.45) is 0.328. The van der Waals surface area contributed by atoms with Gasteiger partial charge in [-0.25, -0.2) is 18.2 Å². The Bertz CT molecular complexity index is 1330. The lowest BCUT2D eigenvalue weighted by Crippen LogP contribution is -2.50.